The lowest BCUT2D eigenvalue weighted by atomic mass is 9.97. The summed E-state index contributed by atoms with van der Waals surface area (Å²) in [4.78, 5) is 25.9. The molecule has 1 aromatic heterocycles. The Morgan fingerprint density at radius 3 is 2.68 bits per heavy atom. The van der Waals surface area contributed by atoms with E-state index in [2.05, 4.69) is 20.0 Å². The summed E-state index contributed by atoms with van der Waals surface area (Å²) in [6.45, 7) is 5.44. The van der Waals surface area contributed by atoms with Crippen molar-refractivity contribution in [2.75, 3.05) is 0 Å². The fraction of sp³-hybridized carbons (Fsp3) is 0.800. The molecular formula is C15H23N3O4. The highest BCUT2D eigenvalue weighted by molar-refractivity contribution is 5.68. The molecule has 2 fully saturated rings. The van der Waals surface area contributed by atoms with Gasteiger partial charge in [0, 0.05) is 0 Å². The molecule has 0 aromatic carbocycles. The van der Waals surface area contributed by atoms with Crippen LogP contribution in [0.3, 0.4) is 0 Å². The van der Waals surface area contributed by atoms with E-state index in [4.69, 9.17) is 4.74 Å². The van der Waals surface area contributed by atoms with E-state index in [1.54, 1.807) is 0 Å². The molecule has 22 heavy (non-hydrogen) atoms. The van der Waals surface area contributed by atoms with E-state index in [1.807, 2.05) is 20.8 Å². The molecule has 1 aromatic rings. The predicted molar refractivity (Wildman–Crippen MR) is 78.2 cm³/mol. The van der Waals surface area contributed by atoms with E-state index in [9.17, 15) is 9.59 Å². The number of nitrogens with one attached hydrogen (secondary N) is 2. The Hall–Kier alpha value is -1.79. The van der Waals surface area contributed by atoms with Crippen LogP contribution < -0.4 is 11.1 Å². The van der Waals surface area contributed by atoms with Crippen LogP contribution in [0.2, 0.25) is 0 Å². The van der Waals surface area contributed by atoms with Crippen molar-refractivity contribution in [1.29, 1.82) is 0 Å². The van der Waals surface area contributed by atoms with Crippen LogP contribution in [0.1, 0.15) is 64.7 Å². The topological polar surface area (TPSA) is 97.2 Å². The minimum absolute atomic E-state index is 0.281. The van der Waals surface area contributed by atoms with E-state index in [0.29, 0.717) is 5.82 Å². The quantitative estimate of drug-likeness (QED) is 0.894. The minimum Gasteiger partial charge on any atom is -0.444 e. The second-order valence-corrected chi connectivity index (χ2v) is 7.48. The largest absolute Gasteiger partial charge is 0.444 e. The number of alkyl carbamates (subject to hydrolysis) is 1. The van der Waals surface area contributed by atoms with Crippen LogP contribution in [0, 0.1) is 11.3 Å². The number of rotatable bonds is 3. The summed E-state index contributed by atoms with van der Waals surface area (Å²) < 4.78 is 9.93. The first-order chi connectivity index (χ1) is 10.3. The zero-order valence-corrected chi connectivity index (χ0v) is 13.3. The third-order valence-electron chi connectivity index (χ3n) is 4.68. The summed E-state index contributed by atoms with van der Waals surface area (Å²) in [7, 11) is 0. The Balaban J connectivity index is 1.76. The second kappa shape index (κ2) is 5.14. The average Bonchev–Trinajstić information content (AvgIpc) is 2.72. The molecule has 1 amide bonds. The molecule has 2 atom stereocenters. The smallest absolute Gasteiger partial charge is 0.438 e. The zero-order chi connectivity index (χ0) is 16.0. The van der Waals surface area contributed by atoms with Gasteiger partial charge in [-0.3, -0.25) is 9.51 Å². The van der Waals surface area contributed by atoms with E-state index in [0.717, 1.165) is 6.42 Å². The van der Waals surface area contributed by atoms with Crippen LogP contribution in [0.15, 0.2) is 9.32 Å². The van der Waals surface area contributed by atoms with Gasteiger partial charge in [-0.2, -0.15) is 0 Å². The van der Waals surface area contributed by atoms with E-state index < -0.39 is 17.5 Å². The van der Waals surface area contributed by atoms with Crippen LogP contribution in [0.5, 0.6) is 0 Å². The van der Waals surface area contributed by atoms with Crippen molar-refractivity contribution in [2.24, 2.45) is 11.3 Å². The minimum atomic E-state index is -0.605. The Morgan fingerprint density at radius 2 is 2.14 bits per heavy atom. The van der Waals surface area contributed by atoms with Crippen molar-refractivity contribution in [3.63, 3.8) is 0 Å². The van der Waals surface area contributed by atoms with Gasteiger partial charge in [0.1, 0.15) is 5.60 Å². The highest BCUT2D eigenvalue weighted by Crippen LogP contribution is 2.66. The predicted octanol–water partition coefficient (Wildman–Crippen LogP) is 2.51. The van der Waals surface area contributed by atoms with Crippen molar-refractivity contribution in [3.8, 4) is 0 Å². The summed E-state index contributed by atoms with van der Waals surface area (Å²) in [5.41, 5.74) is -0.282. The van der Waals surface area contributed by atoms with Crippen LogP contribution in [-0.2, 0) is 4.74 Å². The molecule has 0 aliphatic heterocycles. The Bertz CT molecular complexity index is 607. The number of hydrogen-bond donors (Lipinski definition) is 2. The number of amides is 1. The first-order valence-corrected chi connectivity index (χ1v) is 7.85. The number of hydrogen-bond acceptors (Lipinski definition) is 5. The van der Waals surface area contributed by atoms with E-state index in [-0.39, 0.29) is 17.4 Å². The van der Waals surface area contributed by atoms with E-state index >= 15 is 0 Å². The third kappa shape index (κ3) is 3.03. The second-order valence-electron chi connectivity index (χ2n) is 7.48. The molecule has 0 radical (unpaired) electrons. The molecule has 2 aliphatic carbocycles. The molecule has 2 aliphatic rings. The maximum atomic E-state index is 12.1. The lowest BCUT2D eigenvalue weighted by molar-refractivity contribution is 0.0489. The van der Waals surface area contributed by atoms with Crippen molar-refractivity contribution < 1.29 is 14.1 Å². The molecule has 0 bridgehead atoms. The Morgan fingerprint density at radius 1 is 1.45 bits per heavy atom. The molecule has 1 heterocycles. The van der Waals surface area contributed by atoms with Gasteiger partial charge in [-0.05, 0) is 51.4 Å². The number of aromatic amines is 1. The summed E-state index contributed by atoms with van der Waals surface area (Å²) >= 11 is 0. The van der Waals surface area contributed by atoms with Crippen molar-refractivity contribution in [3.05, 3.63) is 16.4 Å². The highest BCUT2D eigenvalue weighted by Gasteiger charge is 2.59. The lowest BCUT2D eigenvalue weighted by Gasteiger charge is -2.23. The Labute approximate surface area is 128 Å². The fourth-order valence-corrected chi connectivity index (χ4v) is 3.67. The monoisotopic (exact) mass is 309 g/mol. The van der Waals surface area contributed by atoms with Crippen molar-refractivity contribution in [1.82, 2.24) is 15.5 Å². The van der Waals surface area contributed by atoms with Crippen LogP contribution in [0.25, 0.3) is 0 Å². The summed E-state index contributed by atoms with van der Waals surface area (Å²) in [5, 5.41) is 6.63. The first kappa shape index (κ1) is 15.1. The number of nitrogens with zero attached hydrogens (tertiary/aromatic N) is 1. The number of carbonyl (C=O) groups excluding carboxylic acids is 1. The van der Waals surface area contributed by atoms with Gasteiger partial charge in [0.15, 0.2) is 5.82 Å². The molecule has 2 saturated carbocycles. The summed E-state index contributed by atoms with van der Waals surface area (Å²) in [6.07, 6.45) is 5.35. The van der Waals surface area contributed by atoms with Gasteiger partial charge in [-0.25, -0.2) is 9.59 Å². The van der Waals surface area contributed by atoms with Crippen molar-refractivity contribution >= 4 is 6.09 Å². The highest BCUT2D eigenvalue weighted by atomic mass is 16.6. The number of ether oxygens (including phenoxy) is 1. The van der Waals surface area contributed by atoms with Gasteiger partial charge in [0.2, 0.25) is 0 Å². The normalized spacial score (nSPS) is 24.2. The molecule has 1 spiro atoms. The maximum Gasteiger partial charge on any atom is 0.438 e. The molecule has 122 valence electrons. The molecule has 3 rings (SSSR count). The average molecular weight is 309 g/mol. The van der Waals surface area contributed by atoms with Crippen molar-refractivity contribution in [2.45, 2.75) is 64.5 Å². The van der Waals surface area contributed by atoms with Gasteiger partial charge in [-0.1, -0.05) is 18.0 Å². The molecular weight excluding hydrogens is 286 g/mol. The molecule has 2 N–H and O–H groups in total. The Kier molecular flexibility index (Phi) is 3.53. The maximum absolute atomic E-state index is 12.1. The first-order valence-electron chi connectivity index (χ1n) is 7.85. The standard InChI is InChI=1S/C15H23N3O4/c1-14(2,3)21-12(19)16-10(11-17-13(20)22-18-11)9-8-15(9)6-4-5-7-15/h9-10H,4-8H2,1-3H3,(H,16,19)(H,17,18,20). The van der Waals surface area contributed by atoms with Gasteiger partial charge >= 0.3 is 11.8 Å². The van der Waals surface area contributed by atoms with Crippen LogP contribution >= 0.6 is 0 Å². The number of aromatic nitrogens is 2. The number of carbonyl (C=O) groups is 1. The summed E-state index contributed by atoms with van der Waals surface area (Å²) in [6, 6.07) is -0.362. The zero-order valence-electron chi connectivity index (χ0n) is 13.3. The van der Waals surface area contributed by atoms with Gasteiger partial charge in [-0.15, -0.1) is 0 Å². The molecule has 2 unspecified atom stereocenters. The van der Waals surface area contributed by atoms with Gasteiger partial charge in [0.25, 0.3) is 0 Å². The lowest BCUT2D eigenvalue weighted by Crippen LogP contribution is -2.37. The molecule has 0 saturated heterocycles. The van der Waals surface area contributed by atoms with Gasteiger partial charge in [0.05, 0.1) is 6.04 Å². The summed E-state index contributed by atoms with van der Waals surface area (Å²) in [5.74, 6) is 0.0556. The van der Waals surface area contributed by atoms with E-state index in [1.165, 1.54) is 25.7 Å². The number of H-pyrrole nitrogens is 1. The SMILES string of the molecule is CC(C)(C)OC(=O)NC(c1noc(=O)[nH]1)C1CC12CCCC2. The van der Waals surface area contributed by atoms with Crippen LogP contribution in [-0.4, -0.2) is 21.8 Å². The molecule has 7 heteroatoms. The third-order valence-corrected chi connectivity index (χ3v) is 4.68. The van der Waals surface area contributed by atoms with Crippen LogP contribution in [0.4, 0.5) is 4.79 Å². The molecule has 7 nitrogen and oxygen atoms in total. The van der Waals surface area contributed by atoms with Gasteiger partial charge < -0.3 is 10.1 Å². The fourth-order valence-electron chi connectivity index (χ4n) is 3.67.